The molecule has 0 aromatic heterocycles. The summed E-state index contributed by atoms with van der Waals surface area (Å²) in [4.78, 5) is 24.1. The minimum Gasteiger partial charge on any atom is -0.495 e. The van der Waals surface area contributed by atoms with Gasteiger partial charge in [-0.15, -0.1) is 0 Å². The topological polar surface area (TPSA) is 109 Å². The Kier molecular flexibility index (Phi) is 8.69. The maximum atomic E-state index is 12.5. The zero-order valence-electron chi connectivity index (χ0n) is 17.2. The second kappa shape index (κ2) is 11.0. The quantitative estimate of drug-likeness (QED) is 0.574. The van der Waals surface area contributed by atoms with Crippen molar-refractivity contribution in [1.82, 2.24) is 5.32 Å². The van der Waals surface area contributed by atoms with E-state index in [-0.39, 0.29) is 35.2 Å². The Labute approximate surface area is 190 Å². The van der Waals surface area contributed by atoms with Gasteiger partial charge in [-0.25, -0.2) is 4.79 Å². The van der Waals surface area contributed by atoms with Crippen LogP contribution >= 0.6 is 23.2 Å². The minimum atomic E-state index is -1.10. The Balaban J connectivity index is 2.30. The van der Waals surface area contributed by atoms with Gasteiger partial charge in [0.15, 0.2) is 6.10 Å². The molecule has 0 bridgehead atoms. The first-order valence-electron chi connectivity index (χ1n) is 9.37. The first kappa shape index (κ1) is 24.5. The molecule has 2 aromatic rings. The van der Waals surface area contributed by atoms with E-state index in [4.69, 9.17) is 32.7 Å². The molecule has 0 fully saturated rings. The van der Waals surface area contributed by atoms with Gasteiger partial charge in [0.1, 0.15) is 11.8 Å². The number of carbonyl (C=O) groups excluding carboxylic acids is 1. The van der Waals surface area contributed by atoms with Crippen LogP contribution < -0.4 is 10.1 Å². The highest BCUT2D eigenvalue weighted by Gasteiger charge is 2.22. The summed E-state index contributed by atoms with van der Waals surface area (Å²) in [5.41, 5.74) is 1.56. The van der Waals surface area contributed by atoms with E-state index < -0.39 is 18.0 Å². The van der Waals surface area contributed by atoms with Crippen molar-refractivity contribution in [3.63, 3.8) is 0 Å². The fraction of sp³-hybridized carbons (Fsp3) is 0.318. The normalized spacial score (nSPS) is 11.6. The zero-order chi connectivity index (χ0) is 23.1. The molecule has 2 N–H and O–H groups in total. The van der Waals surface area contributed by atoms with Gasteiger partial charge in [0, 0.05) is 23.6 Å². The van der Waals surface area contributed by atoms with Crippen LogP contribution in [0.3, 0.4) is 0 Å². The van der Waals surface area contributed by atoms with Crippen LogP contribution in [0.15, 0.2) is 30.3 Å². The van der Waals surface area contributed by atoms with E-state index in [9.17, 15) is 20.0 Å². The number of nitrogens with one attached hydrogen (secondary N) is 1. The lowest BCUT2D eigenvalue weighted by Gasteiger charge is -2.18. The van der Waals surface area contributed by atoms with Crippen LogP contribution in [0, 0.1) is 11.3 Å². The van der Waals surface area contributed by atoms with Crippen molar-refractivity contribution in [2.45, 2.75) is 39.0 Å². The number of aliphatic carboxylic acids is 1. The van der Waals surface area contributed by atoms with Gasteiger partial charge in [-0.1, -0.05) is 29.3 Å². The lowest BCUT2D eigenvalue weighted by molar-refractivity contribution is -0.153. The number of carbonyl (C=O) groups is 2. The average Bonchev–Trinajstić information content (AvgIpc) is 2.70. The number of methoxy groups -OCH3 is 1. The number of benzene rings is 2. The number of rotatable bonds is 9. The van der Waals surface area contributed by atoms with Gasteiger partial charge < -0.3 is 19.9 Å². The van der Waals surface area contributed by atoms with Crippen LogP contribution in [0.4, 0.5) is 0 Å². The summed E-state index contributed by atoms with van der Waals surface area (Å²) >= 11 is 11.9. The third kappa shape index (κ3) is 6.59. The van der Waals surface area contributed by atoms with Gasteiger partial charge in [-0.05, 0) is 43.7 Å². The summed E-state index contributed by atoms with van der Waals surface area (Å²) in [5.74, 6) is -1.24. The summed E-state index contributed by atoms with van der Waals surface area (Å²) < 4.78 is 10.8. The SMILES string of the molecule is COc1c(C#N)cc(CC(OC(C)C)C(=O)O)cc1CNC(=O)c1ccc(Cl)cc1Cl. The van der Waals surface area contributed by atoms with E-state index in [0.717, 1.165) is 0 Å². The molecule has 0 aliphatic heterocycles. The highest BCUT2D eigenvalue weighted by atomic mass is 35.5. The van der Waals surface area contributed by atoms with Gasteiger partial charge in [-0.2, -0.15) is 5.26 Å². The van der Waals surface area contributed by atoms with Crippen LogP contribution in [0.5, 0.6) is 5.75 Å². The number of amides is 1. The van der Waals surface area contributed by atoms with Crippen LogP contribution in [-0.2, 0) is 22.5 Å². The maximum absolute atomic E-state index is 12.5. The first-order valence-corrected chi connectivity index (χ1v) is 10.1. The van der Waals surface area contributed by atoms with Gasteiger partial charge >= 0.3 is 5.97 Å². The Morgan fingerprint density at radius 2 is 1.94 bits per heavy atom. The van der Waals surface area contributed by atoms with Crippen molar-refractivity contribution in [3.05, 3.63) is 62.6 Å². The highest BCUT2D eigenvalue weighted by molar-refractivity contribution is 6.36. The Morgan fingerprint density at radius 1 is 1.23 bits per heavy atom. The van der Waals surface area contributed by atoms with Crippen molar-refractivity contribution >= 4 is 35.1 Å². The molecule has 0 saturated carbocycles. The van der Waals surface area contributed by atoms with Crippen molar-refractivity contribution in [2.24, 2.45) is 0 Å². The van der Waals surface area contributed by atoms with E-state index in [0.29, 0.717) is 21.9 Å². The number of ether oxygens (including phenoxy) is 2. The van der Waals surface area contributed by atoms with Crippen molar-refractivity contribution in [1.29, 1.82) is 5.26 Å². The number of nitrogens with zero attached hydrogens (tertiary/aromatic N) is 1. The summed E-state index contributed by atoms with van der Waals surface area (Å²) in [5, 5.41) is 22.3. The molecule has 1 unspecified atom stereocenters. The van der Waals surface area contributed by atoms with Crippen molar-refractivity contribution in [2.75, 3.05) is 7.11 Å². The Bertz CT molecular complexity index is 1020. The molecule has 0 radical (unpaired) electrons. The molecule has 0 aliphatic carbocycles. The second-order valence-electron chi connectivity index (χ2n) is 6.97. The molecule has 0 spiro atoms. The van der Waals surface area contributed by atoms with E-state index >= 15 is 0 Å². The molecule has 31 heavy (non-hydrogen) atoms. The maximum Gasteiger partial charge on any atom is 0.333 e. The van der Waals surface area contributed by atoms with Crippen LogP contribution in [0.1, 0.15) is 40.9 Å². The summed E-state index contributed by atoms with van der Waals surface area (Å²) in [6.07, 6.45) is -1.30. The molecule has 0 saturated heterocycles. The standard InChI is InChI=1S/C22H22Cl2N2O5/c1-12(2)31-19(22(28)29)8-13-6-14(10-25)20(30-3)15(7-13)11-26-21(27)17-5-4-16(23)9-18(17)24/h4-7,9,12,19H,8,11H2,1-3H3,(H,26,27)(H,28,29). The molecular formula is C22H22Cl2N2O5. The Hall–Kier alpha value is -2.79. The smallest absolute Gasteiger partial charge is 0.333 e. The molecule has 0 aliphatic rings. The first-order chi connectivity index (χ1) is 14.7. The zero-order valence-corrected chi connectivity index (χ0v) is 18.8. The molecule has 1 atom stereocenters. The number of carboxylic acid groups (broad SMARTS) is 1. The highest BCUT2D eigenvalue weighted by Crippen LogP contribution is 2.27. The van der Waals surface area contributed by atoms with Crippen molar-refractivity contribution in [3.8, 4) is 11.8 Å². The van der Waals surface area contributed by atoms with Crippen LogP contribution in [-0.4, -0.2) is 36.3 Å². The molecule has 0 heterocycles. The summed E-state index contributed by atoms with van der Waals surface area (Å²) in [7, 11) is 1.42. The van der Waals surface area contributed by atoms with Gasteiger partial charge in [0.25, 0.3) is 5.91 Å². The molecular weight excluding hydrogens is 443 g/mol. The minimum absolute atomic E-state index is 0.0340. The monoisotopic (exact) mass is 464 g/mol. The fourth-order valence-corrected chi connectivity index (χ4v) is 3.50. The largest absolute Gasteiger partial charge is 0.495 e. The summed E-state index contributed by atoms with van der Waals surface area (Å²) in [6, 6.07) is 9.81. The predicted molar refractivity (Wildman–Crippen MR) is 117 cm³/mol. The van der Waals surface area contributed by atoms with Crippen LogP contribution in [0.2, 0.25) is 10.0 Å². The Morgan fingerprint density at radius 3 is 2.48 bits per heavy atom. The predicted octanol–water partition coefficient (Wildman–Crippen LogP) is 4.22. The van der Waals surface area contributed by atoms with Crippen molar-refractivity contribution < 1.29 is 24.2 Å². The molecule has 9 heteroatoms. The number of halogens is 2. The lowest BCUT2D eigenvalue weighted by Crippen LogP contribution is -2.29. The molecule has 7 nitrogen and oxygen atoms in total. The number of nitriles is 1. The van der Waals surface area contributed by atoms with E-state index in [1.54, 1.807) is 32.0 Å². The lowest BCUT2D eigenvalue weighted by atomic mass is 9.99. The van der Waals surface area contributed by atoms with E-state index in [1.165, 1.54) is 19.2 Å². The average molecular weight is 465 g/mol. The molecule has 2 aromatic carbocycles. The fourth-order valence-electron chi connectivity index (χ4n) is 3.01. The number of carboxylic acids is 1. The van der Waals surface area contributed by atoms with Gasteiger partial charge in [0.2, 0.25) is 0 Å². The molecule has 1 amide bonds. The summed E-state index contributed by atoms with van der Waals surface area (Å²) in [6.45, 7) is 3.52. The van der Waals surface area contributed by atoms with Crippen LogP contribution in [0.25, 0.3) is 0 Å². The van der Waals surface area contributed by atoms with Gasteiger partial charge in [0.05, 0.1) is 29.4 Å². The molecule has 164 valence electrons. The third-order valence-corrected chi connectivity index (χ3v) is 4.85. The van der Waals surface area contributed by atoms with Gasteiger partial charge in [-0.3, -0.25) is 4.79 Å². The number of hydrogen-bond donors (Lipinski definition) is 2. The molecule has 2 rings (SSSR count). The second-order valence-corrected chi connectivity index (χ2v) is 7.81. The van der Waals surface area contributed by atoms with E-state index in [1.807, 2.05) is 6.07 Å². The number of hydrogen-bond acceptors (Lipinski definition) is 5. The third-order valence-electron chi connectivity index (χ3n) is 4.30. The van der Waals surface area contributed by atoms with E-state index in [2.05, 4.69) is 5.32 Å².